The predicted molar refractivity (Wildman–Crippen MR) is 81.6 cm³/mol. The largest absolute Gasteiger partial charge is 0.271 e. The van der Waals surface area contributed by atoms with Gasteiger partial charge in [-0.15, -0.1) is 0 Å². The number of nitrogens with zero attached hydrogens (tertiary/aromatic N) is 1. The van der Waals surface area contributed by atoms with E-state index in [1.54, 1.807) is 6.07 Å². The third kappa shape index (κ3) is 3.94. The summed E-state index contributed by atoms with van der Waals surface area (Å²) in [5.74, 6) is 0.294. The Labute approximate surface area is 120 Å². The number of benzene rings is 1. The molecule has 0 spiro atoms. The van der Waals surface area contributed by atoms with Crippen molar-refractivity contribution in [2.45, 2.75) is 19.3 Å². The van der Waals surface area contributed by atoms with Gasteiger partial charge in [0.25, 0.3) is 5.91 Å². The van der Waals surface area contributed by atoms with Gasteiger partial charge in [0.1, 0.15) is 0 Å². The van der Waals surface area contributed by atoms with Gasteiger partial charge in [-0.2, -0.15) is 5.10 Å². The zero-order chi connectivity index (χ0) is 12.8. The molecular weight excluding hydrogens is 339 g/mol. The van der Waals surface area contributed by atoms with Gasteiger partial charge in [0.05, 0.1) is 0 Å². The maximum absolute atomic E-state index is 11.8. The maximum Gasteiger partial charge on any atom is 0.271 e. The summed E-state index contributed by atoms with van der Waals surface area (Å²) in [7, 11) is 0. The minimum Gasteiger partial charge on any atom is -0.267 e. The quantitative estimate of drug-likeness (QED) is 0.385. The summed E-state index contributed by atoms with van der Waals surface area (Å²) in [4.78, 5) is 11.8. The number of amides is 1. The lowest BCUT2D eigenvalue weighted by molar-refractivity contribution is 0.0955. The normalized spacial score (nSPS) is 19.1. The molecule has 1 aliphatic carbocycles. The maximum atomic E-state index is 11.8. The van der Waals surface area contributed by atoms with E-state index in [0.29, 0.717) is 11.5 Å². The van der Waals surface area contributed by atoms with E-state index in [0.717, 1.165) is 22.8 Å². The highest BCUT2D eigenvalue weighted by Crippen LogP contribution is 2.15. The number of carbonyl (C=O) groups excluding carboxylic acids is 1. The van der Waals surface area contributed by atoms with Crippen LogP contribution in [0.25, 0.3) is 0 Å². The third-order valence-corrected chi connectivity index (χ3v) is 3.52. The lowest BCUT2D eigenvalue weighted by Gasteiger charge is -2.11. The van der Waals surface area contributed by atoms with Crippen LogP contribution in [0, 0.1) is 9.49 Å². The number of hydrogen-bond donors (Lipinski definition) is 1. The molecule has 1 aromatic rings. The van der Waals surface area contributed by atoms with Gasteiger partial charge >= 0.3 is 0 Å². The number of carbonyl (C=O) groups is 1. The van der Waals surface area contributed by atoms with Crippen LogP contribution in [0.3, 0.4) is 0 Å². The van der Waals surface area contributed by atoms with Gasteiger partial charge < -0.3 is 0 Å². The Bertz CT molecular complexity index is 482. The van der Waals surface area contributed by atoms with Crippen LogP contribution in [0.5, 0.6) is 0 Å². The number of hydrazone groups is 1. The van der Waals surface area contributed by atoms with Crippen LogP contribution in [0.2, 0.25) is 0 Å². The van der Waals surface area contributed by atoms with Crippen LogP contribution in [0.1, 0.15) is 29.6 Å². The van der Waals surface area contributed by atoms with Crippen LogP contribution in [0.4, 0.5) is 0 Å². The monoisotopic (exact) mass is 354 g/mol. The average molecular weight is 354 g/mol. The Hall–Kier alpha value is -1.17. The minimum atomic E-state index is -0.156. The van der Waals surface area contributed by atoms with Gasteiger partial charge in [0.2, 0.25) is 0 Å². The van der Waals surface area contributed by atoms with E-state index in [-0.39, 0.29) is 5.91 Å². The number of rotatable bonds is 3. The highest BCUT2D eigenvalue weighted by molar-refractivity contribution is 14.1. The first-order valence-electron chi connectivity index (χ1n) is 6.00. The van der Waals surface area contributed by atoms with E-state index in [4.69, 9.17) is 0 Å². The second-order valence-corrected chi connectivity index (χ2v) is 5.52. The molecule has 1 aromatic carbocycles. The smallest absolute Gasteiger partial charge is 0.267 e. The summed E-state index contributed by atoms with van der Waals surface area (Å²) in [5, 5.41) is 4.04. The summed E-state index contributed by atoms with van der Waals surface area (Å²) in [6.45, 7) is 0. The standard InChI is InChI=1S/C14H15IN2O/c15-13-8-4-7-12(9-13)14(18)17-16-10-11-5-2-1-3-6-11/h1-2,4,7-11H,3,5-6H2,(H,17,18). The number of hydrogen-bond acceptors (Lipinski definition) is 2. The van der Waals surface area contributed by atoms with Crippen molar-refractivity contribution >= 4 is 34.7 Å². The van der Waals surface area contributed by atoms with E-state index >= 15 is 0 Å². The average Bonchev–Trinajstić information content (AvgIpc) is 2.40. The van der Waals surface area contributed by atoms with Crippen molar-refractivity contribution in [3.63, 3.8) is 0 Å². The molecule has 0 radical (unpaired) electrons. The van der Waals surface area contributed by atoms with E-state index < -0.39 is 0 Å². The highest BCUT2D eigenvalue weighted by atomic mass is 127. The third-order valence-electron chi connectivity index (χ3n) is 2.85. The number of halogens is 1. The Morgan fingerprint density at radius 2 is 2.33 bits per heavy atom. The fraction of sp³-hybridized carbons (Fsp3) is 0.286. The molecule has 0 fully saturated rings. The predicted octanol–water partition coefficient (Wildman–Crippen LogP) is 3.36. The molecular formula is C14H15IN2O. The Morgan fingerprint density at radius 1 is 1.44 bits per heavy atom. The lowest BCUT2D eigenvalue weighted by Crippen LogP contribution is -2.18. The summed E-state index contributed by atoms with van der Waals surface area (Å²) >= 11 is 2.19. The van der Waals surface area contributed by atoms with Crippen LogP contribution >= 0.6 is 22.6 Å². The first-order chi connectivity index (χ1) is 8.75. The fourth-order valence-electron chi connectivity index (χ4n) is 1.85. The van der Waals surface area contributed by atoms with Crippen molar-refractivity contribution in [3.8, 4) is 0 Å². The molecule has 0 saturated heterocycles. The molecule has 4 heteroatoms. The van der Waals surface area contributed by atoms with Crippen LogP contribution < -0.4 is 5.43 Å². The fourth-order valence-corrected chi connectivity index (χ4v) is 2.39. The molecule has 2 rings (SSSR count). The molecule has 1 atom stereocenters. The summed E-state index contributed by atoms with van der Waals surface area (Å²) < 4.78 is 1.04. The molecule has 0 heterocycles. The van der Waals surface area contributed by atoms with E-state index in [1.165, 1.54) is 0 Å². The van der Waals surface area contributed by atoms with E-state index in [9.17, 15) is 4.79 Å². The summed E-state index contributed by atoms with van der Waals surface area (Å²) in [5.41, 5.74) is 3.22. The van der Waals surface area contributed by atoms with Crippen molar-refractivity contribution in [1.29, 1.82) is 0 Å². The molecule has 1 N–H and O–H groups in total. The first kappa shape index (κ1) is 13.3. The molecule has 1 aliphatic rings. The highest BCUT2D eigenvalue weighted by Gasteiger charge is 2.07. The van der Waals surface area contributed by atoms with E-state index in [2.05, 4.69) is 45.3 Å². The Kier molecular flexibility index (Phi) is 4.92. The molecule has 3 nitrogen and oxygen atoms in total. The van der Waals surface area contributed by atoms with Crippen molar-refractivity contribution in [3.05, 3.63) is 45.6 Å². The van der Waals surface area contributed by atoms with Crippen molar-refractivity contribution in [2.75, 3.05) is 0 Å². The molecule has 1 amide bonds. The van der Waals surface area contributed by atoms with Gasteiger partial charge in [-0.25, -0.2) is 5.43 Å². The van der Waals surface area contributed by atoms with Crippen molar-refractivity contribution in [2.24, 2.45) is 11.0 Å². The second-order valence-electron chi connectivity index (χ2n) is 4.27. The molecule has 0 saturated carbocycles. The lowest BCUT2D eigenvalue weighted by atomic mass is 9.96. The van der Waals surface area contributed by atoms with Crippen molar-refractivity contribution < 1.29 is 4.79 Å². The summed E-state index contributed by atoms with van der Waals surface area (Å²) in [6, 6.07) is 7.45. The second kappa shape index (κ2) is 6.68. The van der Waals surface area contributed by atoms with Crippen molar-refractivity contribution in [1.82, 2.24) is 5.43 Å². The Morgan fingerprint density at radius 3 is 3.06 bits per heavy atom. The number of allylic oxidation sites excluding steroid dienone is 2. The zero-order valence-electron chi connectivity index (χ0n) is 9.97. The summed E-state index contributed by atoms with van der Waals surface area (Å²) in [6.07, 6.45) is 9.43. The van der Waals surface area contributed by atoms with Gasteiger partial charge in [0.15, 0.2) is 0 Å². The first-order valence-corrected chi connectivity index (χ1v) is 7.07. The molecule has 1 unspecified atom stereocenters. The van der Waals surface area contributed by atoms with Gasteiger partial charge in [-0.1, -0.05) is 18.2 Å². The van der Waals surface area contributed by atoms with Gasteiger partial charge in [0, 0.05) is 15.3 Å². The molecule has 94 valence electrons. The van der Waals surface area contributed by atoms with E-state index in [1.807, 2.05) is 24.4 Å². The van der Waals surface area contributed by atoms with Crippen LogP contribution in [-0.2, 0) is 0 Å². The van der Waals surface area contributed by atoms with Gasteiger partial charge in [-0.05, 0) is 66.0 Å². The topological polar surface area (TPSA) is 41.5 Å². The molecule has 0 aromatic heterocycles. The van der Waals surface area contributed by atoms with Gasteiger partial charge in [-0.3, -0.25) is 4.79 Å². The number of nitrogens with one attached hydrogen (secondary N) is 1. The van der Waals surface area contributed by atoms with Crippen LogP contribution in [-0.4, -0.2) is 12.1 Å². The molecule has 0 aliphatic heterocycles. The zero-order valence-corrected chi connectivity index (χ0v) is 12.1. The Balaban J connectivity index is 1.88. The SMILES string of the molecule is O=C(NN=CC1CC=CCC1)c1cccc(I)c1. The van der Waals surface area contributed by atoms with Crippen LogP contribution in [0.15, 0.2) is 41.5 Å². The molecule has 0 bridgehead atoms. The minimum absolute atomic E-state index is 0.156. The molecule has 18 heavy (non-hydrogen) atoms.